The Bertz CT molecular complexity index is 2390. The molecule has 0 saturated heterocycles. The summed E-state index contributed by atoms with van der Waals surface area (Å²) in [7, 11) is 0. The topological polar surface area (TPSA) is 76.5 Å². The second-order valence-electron chi connectivity index (χ2n) is 17.8. The van der Waals surface area contributed by atoms with Gasteiger partial charge in [-0.1, -0.05) is 117 Å². The molecule has 0 unspecified atom stereocenters. The van der Waals surface area contributed by atoms with Crippen molar-refractivity contribution in [1.29, 1.82) is 0 Å². The number of hydrogen-bond donors (Lipinski definition) is 1. The fourth-order valence-electron chi connectivity index (χ4n) is 7.49. The summed E-state index contributed by atoms with van der Waals surface area (Å²) in [5.74, 6) is 2.74. The maximum absolute atomic E-state index is 12.2. The number of carbonyl (C=O) groups excluding carboxylic acids is 1. The number of fused-ring (bicyclic) bond motifs is 3. The summed E-state index contributed by atoms with van der Waals surface area (Å²) >= 11 is 0. The van der Waals surface area contributed by atoms with Gasteiger partial charge in [0, 0.05) is 64.6 Å². The number of aromatic nitrogens is 1. The van der Waals surface area contributed by atoms with Gasteiger partial charge >= 0.3 is 0 Å². The average Bonchev–Trinajstić information content (AvgIpc) is 3.64. The molecule has 0 saturated carbocycles. The van der Waals surface area contributed by atoms with Crippen LogP contribution in [0.15, 0.2) is 75.3 Å². The van der Waals surface area contributed by atoms with E-state index in [0.29, 0.717) is 11.6 Å². The summed E-state index contributed by atoms with van der Waals surface area (Å²) in [6.45, 7) is 29.6. The third kappa shape index (κ3) is 9.34. The number of ketones is 1. The van der Waals surface area contributed by atoms with E-state index in [2.05, 4.69) is 109 Å². The zero-order valence-electron chi connectivity index (χ0n) is 36.8. The van der Waals surface area contributed by atoms with Crippen LogP contribution in [0.1, 0.15) is 130 Å². The van der Waals surface area contributed by atoms with Crippen molar-refractivity contribution in [3.05, 3.63) is 101 Å². The van der Waals surface area contributed by atoms with E-state index in [1.807, 2.05) is 48.5 Å². The van der Waals surface area contributed by atoms with Gasteiger partial charge in [0.25, 0.3) is 0 Å². The molecule has 0 amide bonds. The number of allylic oxidation sites excluding steroid dienone is 2. The molecule has 3 aromatic carbocycles. The molecule has 1 radical (unpaired) electrons. The maximum Gasteiger partial charge on any atom is 0.220 e. The Balaban J connectivity index is 0.000000341. The molecule has 6 heteroatoms. The average molecular weight is 947 g/mol. The first-order valence-corrected chi connectivity index (χ1v) is 20.6. The molecular weight excluding hydrogens is 883 g/mol. The third-order valence-corrected chi connectivity index (χ3v) is 12.5. The molecule has 3 aromatic heterocycles. The van der Waals surface area contributed by atoms with Gasteiger partial charge < -0.3 is 13.9 Å². The monoisotopic (exact) mass is 947 g/mol. The van der Waals surface area contributed by atoms with Crippen molar-refractivity contribution in [2.45, 2.75) is 134 Å². The third-order valence-electron chi connectivity index (χ3n) is 12.5. The van der Waals surface area contributed by atoms with Crippen LogP contribution >= 0.6 is 0 Å². The van der Waals surface area contributed by atoms with E-state index in [1.54, 1.807) is 0 Å². The van der Waals surface area contributed by atoms with Gasteiger partial charge in [0.1, 0.15) is 22.9 Å². The molecule has 0 fully saturated rings. The summed E-state index contributed by atoms with van der Waals surface area (Å²) in [5, 5.41) is 14.7. The quantitative estimate of drug-likeness (QED) is 0.0795. The molecule has 6 rings (SSSR count). The molecule has 5 nitrogen and oxygen atoms in total. The molecule has 0 atom stereocenters. The molecule has 0 bridgehead atoms. The Hall–Kier alpha value is -3.99. The number of nitrogens with zero attached hydrogens (tertiary/aromatic N) is 1. The largest absolute Gasteiger partial charge is 0.512 e. The Morgan fingerprint density at radius 1 is 0.825 bits per heavy atom. The number of aryl methyl sites for hydroxylation is 3. The molecule has 0 aliphatic heterocycles. The van der Waals surface area contributed by atoms with Crippen molar-refractivity contribution in [3.63, 3.8) is 0 Å². The van der Waals surface area contributed by atoms with Crippen LogP contribution < -0.4 is 0 Å². The smallest absolute Gasteiger partial charge is 0.220 e. The zero-order chi connectivity index (χ0) is 41.3. The number of furan rings is 2. The number of carbonyl (C=O) groups is 1. The van der Waals surface area contributed by atoms with Crippen LogP contribution in [0.4, 0.5) is 0 Å². The van der Waals surface area contributed by atoms with Gasteiger partial charge in [0.15, 0.2) is 5.78 Å². The second kappa shape index (κ2) is 17.9. The summed E-state index contributed by atoms with van der Waals surface area (Å²) in [5.41, 5.74) is 8.81. The molecule has 1 N–H and O–H groups in total. The predicted molar refractivity (Wildman–Crippen MR) is 236 cm³/mol. The van der Waals surface area contributed by atoms with Crippen molar-refractivity contribution in [3.8, 4) is 22.4 Å². The van der Waals surface area contributed by atoms with E-state index in [0.717, 1.165) is 87.9 Å². The van der Waals surface area contributed by atoms with Crippen LogP contribution in [-0.4, -0.2) is 15.9 Å². The first-order chi connectivity index (χ1) is 26.3. The molecule has 0 aliphatic carbocycles. The second-order valence-corrected chi connectivity index (χ2v) is 17.8. The standard InChI is InChI=1S/C36H36NO2.C15H28O2.Ir/c1-20(2)15-28-23(5)38-33-14-13-25(17-30(28)33)29-19-32(37-35-34(29)21(3)22(4)39-35)26-16-24-11-9-10-12-27(24)31(18-26)36(6,7)8;1-7-14(5,8-2)12(16)11-13(17)15(6,9-3)10-4;/h9-14,17-20H,15H2,1-8H3;11,16H,7-10H2,1-6H3;/q-1;;/b;12-11-;. The van der Waals surface area contributed by atoms with Crippen LogP contribution in [-0.2, 0) is 36.7 Å². The minimum atomic E-state index is -0.337. The van der Waals surface area contributed by atoms with Crippen LogP contribution in [0.2, 0.25) is 0 Å². The molecule has 0 spiro atoms. The van der Waals surface area contributed by atoms with Gasteiger partial charge in [-0.05, 0) is 87.5 Å². The molecule has 0 aliphatic rings. The van der Waals surface area contributed by atoms with Gasteiger partial charge in [-0.3, -0.25) is 9.78 Å². The molecule has 3 heterocycles. The fourth-order valence-corrected chi connectivity index (χ4v) is 7.49. The summed E-state index contributed by atoms with van der Waals surface area (Å²) in [4.78, 5) is 17.2. The number of rotatable bonds is 11. The summed E-state index contributed by atoms with van der Waals surface area (Å²) in [6, 6.07) is 23.2. The van der Waals surface area contributed by atoms with Crippen LogP contribution in [0, 0.1) is 43.6 Å². The van der Waals surface area contributed by atoms with Crippen LogP contribution in [0.25, 0.3) is 55.2 Å². The van der Waals surface area contributed by atoms with E-state index in [9.17, 15) is 9.90 Å². The number of hydrogen-bond acceptors (Lipinski definition) is 5. The van der Waals surface area contributed by atoms with Gasteiger partial charge in [-0.2, -0.15) is 0 Å². The maximum atomic E-state index is 12.2. The van der Waals surface area contributed by atoms with E-state index in [4.69, 9.17) is 13.8 Å². The van der Waals surface area contributed by atoms with Crippen LogP contribution in [0.5, 0.6) is 0 Å². The number of benzene rings is 3. The fraction of sp³-hybridized carbons (Fsp3) is 0.451. The predicted octanol–water partition coefficient (Wildman–Crippen LogP) is 14.9. The van der Waals surface area contributed by atoms with Crippen molar-refractivity contribution in [2.75, 3.05) is 0 Å². The van der Waals surface area contributed by atoms with Gasteiger partial charge in [-0.25, -0.2) is 0 Å². The Morgan fingerprint density at radius 2 is 1.46 bits per heavy atom. The van der Waals surface area contributed by atoms with Crippen molar-refractivity contribution in [2.24, 2.45) is 16.7 Å². The number of aliphatic hydroxyl groups excluding tert-OH is 1. The first-order valence-electron chi connectivity index (χ1n) is 20.6. The minimum absolute atomic E-state index is 0. The first kappa shape index (κ1) is 45.7. The van der Waals surface area contributed by atoms with E-state index < -0.39 is 0 Å². The number of aliphatic hydroxyl groups is 1. The Morgan fingerprint density at radius 3 is 2.05 bits per heavy atom. The van der Waals surface area contributed by atoms with Crippen molar-refractivity contribution in [1.82, 2.24) is 4.98 Å². The van der Waals surface area contributed by atoms with E-state index in [1.165, 1.54) is 28.0 Å². The van der Waals surface area contributed by atoms with Crippen molar-refractivity contribution >= 4 is 38.6 Å². The zero-order valence-corrected chi connectivity index (χ0v) is 39.2. The van der Waals surface area contributed by atoms with Gasteiger partial charge in [0.05, 0.1) is 0 Å². The Kier molecular flexibility index (Phi) is 14.3. The molecular formula is C51H64IrNO4-. The van der Waals surface area contributed by atoms with Crippen molar-refractivity contribution < 1.29 is 38.8 Å². The minimum Gasteiger partial charge on any atom is -0.512 e. The SMILES string of the molecule is CCC(C)(CC)C(=O)/C=C(\O)C(C)(CC)CC.Cc1oc2ccc(-c3cc(-c4[c-]c5ccccc5c(C(C)(C)C)c4)nc4oc(C)c(C)c34)cc2c1CC(C)C.[Ir]. The van der Waals surface area contributed by atoms with Gasteiger partial charge in [-0.15, -0.1) is 29.1 Å². The summed E-state index contributed by atoms with van der Waals surface area (Å²) in [6.07, 6.45) is 5.75. The summed E-state index contributed by atoms with van der Waals surface area (Å²) < 4.78 is 12.4. The van der Waals surface area contributed by atoms with E-state index in [-0.39, 0.29) is 47.9 Å². The Labute approximate surface area is 355 Å². The number of pyridine rings is 1. The normalized spacial score (nSPS) is 12.6. The van der Waals surface area contributed by atoms with E-state index >= 15 is 0 Å². The molecule has 6 aromatic rings. The molecule has 307 valence electrons. The van der Waals surface area contributed by atoms with Crippen LogP contribution in [0.3, 0.4) is 0 Å². The van der Waals surface area contributed by atoms with Gasteiger partial charge in [0.2, 0.25) is 5.71 Å². The molecule has 57 heavy (non-hydrogen) atoms.